The van der Waals surface area contributed by atoms with Crippen molar-refractivity contribution in [2.24, 2.45) is 10.7 Å². The highest BCUT2D eigenvalue weighted by molar-refractivity contribution is 6.08. The topological polar surface area (TPSA) is 138 Å². The van der Waals surface area contributed by atoms with Crippen LogP contribution in [0.5, 0.6) is 0 Å². The second-order valence-electron chi connectivity index (χ2n) is 5.66. The molecule has 2 rings (SSSR count). The quantitative estimate of drug-likeness (QED) is 0.428. The zero-order valence-electron chi connectivity index (χ0n) is 14.7. The number of aromatic amines is 1. The Kier molecular flexibility index (Phi) is 6.55. The molecule has 0 saturated carbocycles. The van der Waals surface area contributed by atoms with Gasteiger partial charge in [0.1, 0.15) is 11.4 Å². The highest BCUT2D eigenvalue weighted by Gasteiger charge is 2.29. The molecule has 0 spiro atoms. The number of carbonyl (C=O) groups excluding carboxylic acids is 1. The van der Waals surface area contributed by atoms with E-state index in [1.54, 1.807) is 0 Å². The molecule has 0 saturated heterocycles. The minimum atomic E-state index is -4.45. The number of pyridine rings is 1. The van der Waals surface area contributed by atoms with E-state index in [-0.39, 0.29) is 23.5 Å². The number of hydrogen-bond donors (Lipinski definition) is 4. The molecule has 11 heteroatoms. The van der Waals surface area contributed by atoms with Crippen molar-refractivity contribution in [3.05, 3.63) is 75.2 Å². The molecule has 0 bridgehead atoms. The number of carboxylic acids is 1. The van der Waals surface area contributed by atoms with Crippen LogP contribution < -0.4 is 16.5 Å². The number of aromatic nitrogens is 1. The number of alkyl halides is 3. The molecule has 1 aromatic heterocycles. The SMILES string of the molecule is N/C=C(\C=N\c1cc(=O)c(C(=O)NCc2ccc(C(F)(F)F)cc2)c[nH]1)C(=O)O. The van der Waals surface area contributed by atoms with Crippen LogP contribution in [0.1, 0.15) is 21.5 Å². The Morgan fingerprint density at radius 1 is 1.24 bits per heavy atom. The molecular formula is C18H15F3N4O4. The van der Waals surface area contributed by atoms with Crippen molar-refractivity contribution in [2.45, 2.75) is 12.7 Å². The fraction of sp³-hybridized carbons (Fsp3) is 0.111. The highest BCUT2D eigenvalue weighted by Crippen LogP contribution is 2.29. The van der Waals surface area contributed by atoms with E-state index in [4.69, 9.17) is 10.8 Å². The minimum Gasteiger partial charge on any atom is -0.478 e. The third-order valence-corrected chi connectivity index (χ3v) is 3.65. The number of aliphatic carboxylic acids is 1. The molecule has 0 aliphatic carbocycles. The summed E-state index contributed by atoms with van der Waals surface area (Å²) in [5.41, 5.74) is 3.50. The Bertz CT molecular complexity index is 1020. The second-order valence-corrected chi connectivity index (χ2v) is 5.66. The number of halogens is 3. The predicted molar refractivity (Wildman–Crippen MR) is 97.7 cm³/mol. The number of H-pyrrole nitrogens is 1. The average Bonchev–Trinajstić information content (AvgIpc) is 2.66. The minimum absolute atomic E-state index is 0.00473. The Hall–Kier alpha value is -3.89. The Balaban J connectivity index is 2.05. The van der Waals surface area contributed by atoms with Crippen LogP contribution in [-0.2, 0) is 17.5 Å². The van der Waals surface area contributed by atoms with Crippen molar-refractivity contribution in [3.63, 3.8) is 0 Å². The van der Waals surface area contributed by atoms with Gasteiger partial charge >= 0.3 is 12.1 Å². The van der Waals surface area contributed by atoms with E-state index in [0.717, 1.165) is 36.8 Å². The van der Waals surface area contributed by atoms with Gasteiger partial charge in [0, 0.05) is 31.2 Å². The molecule has 29 heavy (non-hydrogen) atoms. The standard InChI is InChI=1S/C18H15F3N4O4/c19-18(20,21)12-3-1-10(2-4-12)7-25-16(27)13-9-24-15(5-14(13)26)23-8-11(6-22)17(28)29/h1-6,8-9H,7,22H2,(H,24,26)(H,25,27)(H,28,29)/b11-6+,23-8+. The van der Waals surface area contributed by atoms with Crippen LogP contribution in [0.4, 0.5) is 19.0 Å². The molecule has 1 aromatic carbocycles. The summed E-state index contributed by atoms with van der Waals surface area (Å²) >= 11 is 0. The summed E-state index contributed by atoms with van der Waals surface area (Å²) in [5.74, 6) is -2.05. The number of rotatable bonds is 6. The van der Waals surface area contributed by atoms with Crippen molar-refractivity contribution in [1.29, 1.82) is 0 Å². The number of amides is 1. The first kappa shape index (κ1) is 21.4. The lowest BCUT2D eigenvalue weighted by atomic mass is 10.1. The molecule has 0 atom stereocenters. The largest absolute Gasteiger partial charge is 0.478 e. The molecule has 0 radical (unpaired) electrons. The van der Waals surface area contributed by atoms with Gasteiger partial charge in [0.25, 0.3) is 5.91 Å². The van der Waals surface area contributed by atoms with E-state index in [2.05, 4.69) is 15.3 Å². The number of nitrogens with two attached hydrogens (primary N) is 1. The van der Waals surface area contributed by atoms with Crippen LogP contribution in [0.25, 0.3) is 0 Å². The molecule has 1 heterocycles. The zero-order chi connectivity index (χ0) is 21.6. The normalized spacial score (nSPS) is 12.2. The maximum Gasteiger partial charge on any atom is 0.416 e. The molecule has 1 amide bonds. The molecule has 8 nitrogen and oxygen atoms in total. The molecule has 0 aliphatic heterocycles. The van der Waals surface area contributed by atoms with Crippen molar-refractivity contribution in [1.82, 2.24) is 10.3 Å². The van der Waals surface area contributed by atoms with Gasteiger partial charge in [-0.1, -0.05) is 12.1 Å². The number of nitrogens with one attached hydrogen (secondary N) is 2. The van der Waals surface area contributed by atoms with Gasteiger partial charge in [-0.3, -0.25) is 9.59 Å². The number of aliphatic imine (C=N–C) groups is 1. The number of carbonyl (C=O) groups is 2. The number of benzene rings is 1. The van der Waals surface area contributed by atoms with Gasteiger partial charge < -0.3 is 21.1 Å². The van der Waals surface area contributed by atoms with Crippen LogP contribution in [0.2, 0.25) is 0 Å². The first-order chi connectivity index (χ1) is 13.6. The molecule has 5 N–H and O–H groups in total. The van der Waals surface area contributed by atoms with E-state index in [0.29, 0.717) is 5.56 Å². The van der Waals surface area contributed by atoms with Crippen LogP contribution in [0.15, 0.2) is 58.1 Å². The molecule has 0 unspecified atom stereocenters. The summed E-state index contributed by atoms with van der Waals surface area (Å²) in [5, 5.41) is 11.2. The van der Waals surface area contributed by atoms with Crippen molar-refractivity contribution >= 4 is 23.9 Å². The zero-order valence-corrected chi connectivity index (χ0v) is 14.7. The van der Waals surface area contributed by atoms with Crippen molar-refractivity contribution < 1.29 is 27.9 Å². The van der Waals surface area contributed by atoms with Gasteiger partial charge in [0.2, 0.25) is 0 Å². The second kappa shape index (κ2) is 8.87. The van der Waals surface area contributed by atoms with E-state index in [1.807, 2.05) is 0 Å². The summed E-state index contributed by atoms with van der Waals surface area (Å²) in [6, 6.07) is 5.20. The van der Waals surface area contributed by atoms with Gasteiger partial charge in [-0.15, -0.1) is 0 Å². The molecule has 2 aromatic rings. The van der Waals surface area contributed by atoms with Gasteiger partial charge in [0.05, 0.1) is 11.1 Å². The third-order valence-electron chi connectivity index (χ3n) is 3.65. The lowest BCUT2D eigenvalue weighted by molar-refractivity contribution is -0.137. The summed E-state index contributed by atoms with van der Waals surface area (Å²) in [4.78, 5) is 41.3. The first-order valence-electron chi connectivity index (χ1n) is 7.98. The fourth-order valence-corrected chi connectivity index (χ4v) is 2.11. The highest BCUT2D eigenvalue weighted by atomic mass is 19.4. The Labute approximate surface area is 161 Å². The summed E-state index contributed by atoms with van der Waals surface area (Å²) in [7, 11) is 0. The fourth-order valence-electron chi connectivity index (χ4n) is 2.11. The van der Waals surface area contributed by atoms with E-state index >= 15 is 0 Å². The monoisotopic (exact) mass is 408 g/mol. The lowest BCUT2D eigenvalue weighted by Gasteiger charge is -2.08. The Morgan fingerprint density at radius 2 is 1.90 bits per heavy atom. The van der Waals surface area contributed by atoms with Crippen molar-refractivity contribution in [3.8, 4) is 0 Å². The average molecular weight is 408 g/mol. The van der Waals surface area contributed by atoms with E-state index in [1.165, 1.54) is 12.1 Å². The molecule has 0 aliphatic rings. The molecule has 0 fully saturated rings. The Morgan fingerprint density at radius 3 is 2.41 bits per heavy atom. The van der Waals surface area contributed by atoms with Crippen LogP contribution >= 0.6 is 0 Å². The molecule has 152 valence electrons. The van der Waals surface area contributed by atoms with E-state index < -0.39 is 29.0 Å². The number of hydrogen-bond acceptors (Lipinski definition) is 5. The first-order valence-corrected chi connectivity index (χ1v) is 7.98. The maximum absolute atomic E-state index is 12.5. The van der Waals surface area contributed by atoms with Crippen LogP contribution in [0, 0.1) is 0 Å². The maximum atomic E-state index is 12.5. The third kappa shape index (κ3) is 5.79. The van der Waals surface area contributed by atoms with Crippen molar-refractivity contribution in [2.75, 3.05) is 0 Å². The van der Waals surface area contributed by atoms with Crippen LogP contribution in [-0.4, -0.2) is 28.2 Å². The van der Waals surface area contributed by atoms with E-state index in [9.17, 15) is 27.6 Å². The van der Waals surface area contributed by atoms with Gasteiger partial charge in [-0.05, 0) is 17.7 Å². The molecular weight excluding hydrogens is 393 g/mol. The summed E-state index contributed by atoms with van der Waals surface area (Å²) in [6.07, 6.45) is -1.61. The van der Waals surface area contributed by atoms with Gasteiger partial charge in [-0.25, -0.2) is 9.79 Å². The summed E-state index contributed by atoms with van der Waals surface area (Å²) in [6.45, 7) is -0.0837. The number of nitrogens with zero attached hydrogens (tertiary/aromatic N) is 1. The lowest BCUT2D eigenvalue weighted by Crippen LogP contribution is -2.28. The van der Waals surface area contributed by atoms with Crippen LogP contribution in [0.3, 0.4) is 0 Å². The predicted octanol–water partition coefficient (Wildman–Crippen LogP) is 1.95. The number of carboxylic acid groups (broad SMARTS) is 1. The van der Waals surface area contributed by atoms with Gasteiger partial charge in [0.15, 0.2) is 5.43 Å². The van der Waals surface area contributed by atoms with Gasteiger partial charge in [-0.2, -0.15) is 13.2 Å². The summed E-state index contributed by atoms with van der Waals surface area (Å²) < 4.78 is 37.6. The smallest absolute Gasteiger partial charge is 0.416 e.